The highest BCUT2D eigenvalue weighted by molar-refractivity contribution is 5.51. The molecule has 0 heterocycles. The molecule has 0 radical (unpaired) electrons. The first-order valence-corrected chi connectivity index (χ1v) is 2.78. The third-order valence-corrected chi connectivity index (χ3v) is 1.16. The number of carbonyl (C=O) groups is 1. The number of hydrogen-bond acceptors (Lipinski definition) is 5. The van der Waals surface area contributed by atoms with Gasteiger partial charge in [-0.2, -0.15) is 0 Å². The van der Waals surface area contributed by atoms with Crippen molar-refractivity contribution in [2.45, 2.75) is 18.2 Å². The van der Waals surface area contributed by atoms with Gasteiger partial charge in [0.2, 0.25) is 0 Å². The Hall–Kier alpha value is -0.490. The summed E-state index contributed by atoms with van der Waals surface area (Å²) < 4.78 is 0. The van der Waals surface area contributed by atoms with E-state index in [4.69, 9.17) is 21.1 Å². The number of nitrogens with two attached hydrogens (primary N) is 1. The molecule has 0 rings (SSSR count). The summed E-state index contributed by atoms with van der Waals surface area (Å²) in [5, 5.41) is 25.9. The maximum absolute atomic E-state index is 9.81. The summed E-state index contributed by atoms with van der Waals surface area (Å²) in [6.45, 7) is -0.666. The van der Waals surface area contributed by atoms with Gasteiger partial charge in [0.1, 0.15) is 18.1 Å². The van der Waals surface area contributed by atoms with Crippen LogP contribution in [-0.4, -0.2) is 40.0 Å². The number of aliphatic hydroxyl groups is 3. The SMILES string of the molecule is N[C@@](O)(CC=O)[C@H](O)CO. The molecule has 0 spiro atoms. The zero-order chi connectivity index (χ0) is 8.20. The Labute approximate surface area is 58.1 Å². The molecule has 0 aromatic rings. The first kappa shape index (κ1) is 9.51. The Morgan fingerprint density at radius 1 is 1.70 bits per heavy atom. The van der Waals surface area contributed by atoms with Gasteiger partial charge in [-0.25, -0.2) is 0 Å². The lowest BCUT2D eigenvalue weighted by Crippen LogP contribution is -2.52. The molecule has 0 aliphatic heterocycles. The Bertz CT molecular complexity index is 114. The summed E-state index contributed by atoms with van der Waals surface area (Å²) >= 11 is 0. The lowest BCUT2D eigenvalue weighted by atomic mass is 10.1. The van der Waals surface area contributed by atoms with Crippen LogP contribution in [0.2, 0.25) is 0 Å². The van der Waals surface area contributed by atoms with E-state index in [0.717, 1.165) is 0 Å². The maximum atomic E-state index is 9.81. The monoisotopic (exact) mass is 149 g/mol. The number of hydrogen-bond donors (Lipinski definition) is 4. The van der Waals surface area contributed by atoms with Gasteiger partial charge in [-0.05, 0) is 0 Å². The van der Waals surface area contributed by atoms with Crippen LogP contribution in [0.1, 0.15) is 6.42 Å². The van der Waals surface area contributed by atoms with Crippen molar-refractivity contribution in [1.82, 2.24) is 0 Å². The van der Waals surface area contributed by atoms with Crippen molar-refractivity contribution in [3.8, 4) is 0 Å². The minimum absolute atomic E-state index is 0.374. The van der Waals surface area contributed by atoms with Crippen LogP contribution in [0.25, 0.3) is 0 Å². The van der Waals surface area contributed by atoms with E-state index >= 15 is 0 Å². The second-order valence-corrected chi connectivity index (χ2v) is 2.06. The topological polar surface area (TPSA) is 104 Å². The van der Waals surface area contributed by atoms with Crippen LogP contribution in [0.3, 0.4) is 0 Å². The molecule has 10 heavy (non-hydrogen) atoms. The van der Waals surface area contributed by atoms with E-state index in [1.54, 1.807) is 0 Å². The summed E-state index contributed by atoms with van der Waals surface area (Å²) in [4.78, 5) is 9.81. The largest absolute Gasteiger partial charge is 0.394 e. The Balaban J connectivity index is 3.94. The maximum Gasteiger partial charge on any atom is 0.148 e. The highest BCUT2D eigenvalue weighted by atomic mass is 16.4. The van der Waals surface area contributed by atoms with E-state index in [-0.39, 0.29) is 0 Å². The highest BCUT2D eigenvalue weighted by Gasteiger charge is 2.29. The summed E-state index contributed by atoms with van der Waals surface area (Å²) in [7, 11) is 0. The van der Waals surface area contributed by atoms with Crippen molar-refractivity contribution in [2.24, 2.45) is 5.73 Å². The van der Waals surface area contributed by atoms with Gasteiger partial charge in [0, 0.05) is 6.42 Å². The molecule has 0 fully saturated rings. The Morgan fingerprint density at radius 2 is 2.20 bits per heavy atom. The molecule has 5 nitrogen and oxygen atoms in total. The second-order valence-electron chi connectivity index (χ2n) is 2.06. The average molecular weight is 149 g/mol. The molecule has 0 aromatic carbocycles. The molecule has 60 valence electrons. The molecule has 0 aliphatic rings. The van der Waals surface area contributed by atoms with E-state index in [0.29, 0.717) is 6.29 Å². The van der Waals surface area contributed by atoms with Crippen molar-refractivity contribution >= 4 is 6.29 Å². The van der Waals surface area contributed by atoms with Crippen molar-refractivity contribution in [3.63, 3.8) is 0 Å². The molecule has 0 saturated carbocycles. The molecule has 0 amide bonds. The fourth-order valence-corrected chi connectivity index (χ4v) is 0.428. The van der Waals surface area contributed by atoms with Gasteiger partial charge in [0.05, 0.1) is 6.61 Å². The first-order chi connectivity index (χ1) is 4.54. The average Bonchev–Trinajstić information content (AvgIpc) is 1.86. The third kappa shape index (κ3) is 2.40. The summed E-state index contributed by atoms with van der Waals surface area (Å²) in [6.07, 6.45) is -1.49. The molecular formula is C5H11NO4. The molecule has 0 aromatic heterocycles. The van der Waals surface area contributed by atoms with Crippen molar-refractivity contribution in [3.05, 3.63) is 0 Å². The molecule has 5 heteroatoms. The molecule has 0 unspecified atom stereocenters. The van der Waals surface area contributed by atoms with Crippen molar-refractivity contribution in [1.29, 1.82) is 0 Å². The van der Waals surface area contributed by atoms with E-state index in [1.807, 2.05) is 0 Å². The van der Waals surface area contributed by atoms with Crippen molar-refractivity contribution in [2.75, 3.05) is 6.61 Å². The number of carbonyl (C=O) groups excluding carboxylic acids is 1. The van der Waals surface area contributed by atoms with Gasteiger partial charge in [0.25, 0.3) is 0 Å². The van der Waals surface area contributed by atoms with Crippen LogP contribution in [0.4, 0.5) is 0 Å². The smallest absolute Gasteiger partial charge is 0.148 e. The number of aliphatic hydroxyl groups excluding tert-OH is 2. The second kappa shape index (κ2) is 3.62. The highest BCUT2D eigenvalue weighted by Crippen LogP contribution is 2.05. The van der Waals surface area contributed by atoms with E-state index in [1.165, 1.54) is 0 Å². The van der Waals surface area contributed by atoms with Gasteiger partial charge >= 0.3 is 0 Å². The number of aldehydes is 1. The zero-order valence-corrected chi connectivity index (χ0v) is 5.40. The Morgan fingerprint density at radius 3 is 2.50 bits per heavy atom. The zero-order valence-electron chi connectivity index (χ0n) is 5.40. The van der Waals surface area contributed by atoms with Crippen LogP contribution in [0.5, 0.6) is 0 Å². The van der Waals surface area contributed by atoms with Crippen molar-refractivity contribution < 1.29 is 20.1 Å². The van der Waals surface area contributed by atoms with Crippen LogP contribution in [0.15, 0.2) is 0 Å². The van der Waals surface area contributed by atoms with Gasteiger partial charge in [0.15, 0.2) is 0 Å². The van der Waals surface area contributed by atoms with Crippen LogP contribution in [0, 0.1) is 0 Å². The Kier molecular flexibility index (Phi) is 3.45. The quantitative estimate of drug-likeness (QED) is 0.263. The third-order valence-electron chi connectivity index (χ3n) is 1.16. The minimum atomic E-state index is -2.00. The van der Waals surface area contributed by atoms with Gasteiger partial charge < -0.3 is 25.8 Å². The van der Waals surface area contributed by atoms with E-state index in [2.05, 4.69) is 0 Å². The molecule has 2 atom stereocenters. The number of rotatable bonds is 4. The molecule has 0 aliphatic carbocycles. The normalized spacial score (nSPS) is 19.6. The van der Waals surface area contributed by atoms with Crippen LogP contribution in [-0.2, 0) is 4.79 Å². The van der Waals surface area contributed by atoms with Crippen LogP contribution < -0.4 is 5.73 Å². The van der Waals surface area contributed by atoms with E-state index in [9.17, 15) is 4.79 Å². The molecule has 5 N–H and O–H groups in total. The fourth-order valence-electron chi connectivity index (χ4n) is 0.428. The minimum Gasteiger partial charge on any atom is -0.394 e. The lowest BCUT2D eigenvalue weighted by molar-refractivity contribution is -0.123. The summed E-state index contributed by atoms with van der Waals surface area (Å²) in [5.74, 6) is 0. The van der Waals surface area contributed by atoms with Gasteiger partial charge in [-0.1, -0.05) is 0 Å². The predicted molar refractivity (Wildman–Crippen MR) is 32.9 cm³/mol. The predicted octanol–water partition coefficient (Wildman–Crippen LogP) is -2.42. The molecule has 0 bridgehead atoms. The first-order valence-electron chi connectivity index (χ1n) is 2.78. The van der Waals surface area contributed by atoms with Crippen LogP contribution >= 0.6 is 0 Å². The molecular weight excluding hydrogens is 138 g/mol. The summed E-state index contributed by atoms with van der Waals surface area (Å²) in [6, 6.07) is 0. The standard InChI is InChI=1S/C5H11NO4/c6-5(10,1-2-7)4(9)3-8/h2,4,8-10H,1,3,6H2/t4-,5-/m1/s1. The fraction of sp³-hybridized carbons (Fsp3) is 0.800. The lowest BCUT2D eigenvalue weighted by Gasteiger charge is -2.24. The van der Waals surface area contributed by atoms with Gasteiger partial charge in [-0.3, -0.25) is 0 Å². The molecule has 0 saturated heterocycles. The summed E-state index contributed by atoms with van der Waals surface area (Å²) in [5.41, 5.74) is 2.99. The van der Waals surface area contributed by atoms with Gasteiger partial charge in [-0.15, -0.1) is 0 Å². The van der Waals surface area contributed by atoms with E-state index < -0.39 is 24.9 Å².